The van der Waals surface area contributed by atoms with Gasteiger partial charge in [-0.2, -0.15) is 0 Å². The summed E-state index contributed by atoms with van der Waals surface area (Å²) in [6.07, 6.45) is 9.54. The van der Waals surface area contributed by atoms with E-state index in [2.05, 4.69) is 0 Å². The van der Waals surface area contributed by atoms with Gasteiger partial charge in [-0.1, -0.05) is 6.42 Å². The molecule has 2 N–H and O–H groups in total. The van der Waals surface area contributed by atoms with E-state index < -0.39 is 0 Å². The van der Waals surface area contributed by atoms with Gasteiger partial charge in [-0.3, -0.25) is 4.79 Å². The van der Waals surface area contributed by atoms with Crippen LogP contribution in [0.1, 0.15) is 51.4 Å². The highest BCUT2D eigenvalue weighted by atomic mass is 16.1. The molecule has 0 aromatic rings. The van der Waals surface area contributed by atoms with Crippen molar-refractivity contribution in [3.05, 3.63) is 0 Å². The van der Waals surface area contributed by atoms with Gasteiger partial charge in [0.2, 0.25) is 0 Å². The summed E-state index contributed by atoms with van der Waals surface area (Å²) >= 11 is 0. The maximum atomic E-state index is 12.2. The number of carbonyl (C=O) groups is 1. The van der Waals surface area contributed by atoms with E-state index in [1.807, 2.05) is 0 Å². The monoisotopic (exact) mass is 221 g/mol. The van der Waals surface area contributed by atoms with Gasteiger partial charge in [-0.25, -0.2) is 0 Å². The van der Waals surface area contributed by atoms with Crippen LogP contribution in [-0.2, 0) is 4.79 Å². The van der Waals surface area contributed by atoms with E-state index in [1.165, 1.54) is 25.7 Å². The van der Waals surface area contributed by atoms with Crippen LogP contribution in [0.5, 0.6) is 0 Å². The minimum absolute atomic E-state index is 0.300. The van der Waals surface area contributed by atoms with Crippen LogP contribution < -0.4 is 5.73 Å². The molecule has 2 heteroatoms. The highest BCUT2D eigenvalue weighted by Crippen LogP contribution is 2.50. The highest BCUT2D eigenvalue weighted by Gasteiger charge is 2.41. The minimum Gasteiger partial charge on any atom is -0.328 e. The average Bonchev–Trinajstić information content (AvgIpc) is 2.92. The molecular formula is C14H23NO. The van der Waals surface area contributed by atoms with Crippen molar-refractivity contribution in [2.45, 2.75) is 57.4 Å². The van der Waals surface area contributed by atoms with Crippen LogP contribution >= 0.6 is 0 Å². The predicted molar refractivity (Wildman–Crippen MR) is 63.9 cm³/mol. The van der Waals surface area contributed by atoms with Crippen LogP contribution in [0.25, 0.3) is 0 Å². The van der Waals surface area contributed by atoms with E-state index in [9.17, 15) is 4.79 Å². The van der Waals surface area contributed by atoms with Crippen molar-refractivity contribution >= 4 is 5.78 Å². The van der Waals surface area contributed by atoms with Gasteiger partial charge in [0.05, 0.1) is 0 Å². The van der Waals surface area contributed by atoms with Gasteiger partial charge in [0.15, 0.2) is 0 Å². The van der Waals surface area contributed by atoms with E-state index in [4.69, 9.17) is 5.73 Å². The Labute approximate surface area is 98.0 Å². The zero-order valence-corrected chi connectivity index (χ0v) is 10.0. The zero-order chi connectivity index (χ0) is 11.1. The van der Waals surface area contributed by atoms with E-state index in [-0.39, 0.29) is 0 Å². The first-order valence-electron chi connectivity index (χ1n) is 7.00. The van der Waals surface area contributed by atoms with Crippen molar-refractivity contribution < 1.29 is 4.79 Å². The third-order valence-electron chi connectivity index (χ3n) is 5.28. The molecule has 0 heterocycles. The Balaban J connectivity index is 1.53. The maximum Gasteiger partial charge on any atom is 0.136 e. The number of fused-ring (bicyclic) bond motifs is 2. The topological polar surface area (TPSA) is 43.1 Å². The lowest BCUT2D eigenvalue weighted by Crippen LogP contribution is -2.21. The Hall–Kier alpha value is -0.370. The van der Waals surface area contributed by atoms with E-state index >= 15 is 0 Å². The summed E-state index contributed by atoms with van der Waals surface area (Å²) in [6, 6.07) is 0.300. The summed E-state index contributed by atoms with van der Waals surface area (Å²) in [5.74, 6) is 3.44. The van der Waals surface area contributed by atoms with Gasteiger partial charge in [-0.15, -0.1) is 0 Å². The van der Waals surface area contributed by atoms with E-state index in [0.717, 1.165) is 43.4 Å². The summed E-state index contributed by atoms with van der Waals surface area (Å²) in [5.41, 5.74) is 5.88. The van der Waals surface area contributed by atoms with Gasteiger partial charge in [0.25, 0.3) is 0 Å². The van der Waals surface area contributed by atoms with Gasteiger partial charge in [0.1, 0.15) is 5.78 Å². The number of rotatable bonds is 3. The molecule has 2 bridgehead atoms. The first kappa shape index (κ1) is 10.8. The lowest BCUT2D eigenvalue weighted by atomic mass is 9.82. The molecule has 3 aliphatic carbocycles. The second-order valence-corrected chi connectivity index (χ2v) is 6.38. The first-order chi connectivity index (χ1) is 7.72. The first-order valence-corrected chi connectivity index (χ1v) is 7.00. The van der Waals surface area contributed by atoms with E-state index in [0.29, 0.717) is 17.7 Å². The van der Waals surface area contributed by atoms with Gasteiger partial charge < -0.3 is 5.73 Å². The molecule has 0 spiro atoms. The lowest BCUT2D eigenvalue weighted by Gasteiger charge is -2.22. The molecular weight excluding hydrogens is 198 g/mol. The number of Topliss-reactive ketones (excluding diaryl/α,β-unsaturated/α-hetero) is 1. The number of carbonyl (C=O) groups excluding carboxylic acids is 1. The molecule has 2 nitrogen and oxygen atoms in total. The Bertz CT molecular complexity index is 288. The Kier molecular flexibility index (Phi) is 2.78. The molecule has 5 atom stereocenters. The fraction of sp³-hybridized carbons (Fsp3) is 0.929. The van der Waals surface area contributed by atoms with Crippen LogP contribution in [0.15, 0.2) is 0 Å². The quantitative estimate of drug-likeness (QED) is 0.795. The summed E-state index contributed by atoms with van der Waals surface area (Å²) in [6.45, 7) is 0. The summed E-state index contributed by atoms with van der Waals surface area (Å²) < 4.78 is 0. The normalized spacial score (nSPS) is 46.4. The molecule has 16 heavy (non-hydrogen) atoms. The third-order valence-corrected chi connectivity index (χ3v) is 5.28. The molecule has 3 aliphatic rings. The smallest absolute Gasteiger partial charge is 0.136 e. The van der Waals surface area contributed by atoms with Crippen molar-refractivity contribution in [1.82, 2.24) is 0 Å². The SMILES string of the molecule is NC1CCC(C(=O)CC2CC3CCC2C3)C1. The molecule has 3 fully saturated rings. The molecule has 0 aliphatic heterocycles. The summed E-state index contributed by atoms with van der Waals surface area (Å²) in [7, 11) is 0. The van der Waals surface area contributed by atoms with Crippen LogP contribution in [0.4, 0.5) is 0 Å². The minimum atomic E-state index is 0.300. The Morgan fingerprint density at radius 3 is 2.50 bits per heavy atom. The lowest BCUT2D eigenvalue weighted by molar-refractivity contribution is -0.124. The summed E-state index contributed by atoms with van der Waals surface area (Å²) in [4.78, 5) is 12.2. The number of nitrogens with two attached hydrogens (primary N) is 1. The van der Waals surface area contributed by atoms with Crippen LogP contribution in [0, 0.1) is 23.7 Å². The molecule has 0 saturated heterocycles. The second kappa shape index (κ2) is 4.14. The molecule has 3 rings (SSSR count). The molecule has 5 unspecified atom stereocenters. The van der Waals surface area contributed by atoms with Crippen molar-refractivity contribution in [2.75, 3.05) is 0 Å². The van der Waals surface area contributed by atoms with Gasteiger partial charge in [-0.05, 0) is 56.3 Å². The standard InChI is InChI=1S/C14H23NO/c15-13-4-3-11(7-13)14(16)8-12-6-9-1-2-10(12)5-9/h9-13H,1-8,15H2. The molecule has 90 valence electrons. The molecule has 0 aromatic carbocycles. The van der Waals surface area contributed by atoms with Gasteiger partial charge in [0, 0.05) is 18.4 Å². The maximum absolute atomic E-state index is 12.2. The van der Waals surface area contributed by atoms with E-state index in [1.54, 1.807) is 0 Å². The van der Waals surface area contributed by atoms with Gasteiger partial charge >= 0.3 is 0 Å². The zero-order valence-electron chi connectivity index (χ0n) is 10.0. The molecule has 0 radical (unpaired) electrons. The fourth-order valence-corrected chi connectivity index (χ4v) is 4.36. The van der Waals surface area contributed by atoms with Crippen molar-refractivity contribution in [2.24, 2.45) is 29.4 Å². The largest absolute Gasteiger partial charge is 0.328 e. The third kappa shape index (κ3) is 1.92. The number of hydrogen-bond acceptors (Lipinski definition) is 2. The Morgan fingerprint density at radius 1 is 1.06 bits per heavy atom. The van der Waals surface area contributed by atoms with Crippen LogP contribution in [0.3, 0.4) is 0 Å². The molecule has 3 saturated carbocycles. The predicted octanol–water partition coefficient (Wildman–Crippen LogP) is 2.51. The molecule has 0 aromatic heterocycles. The number of ketones is 1. The highest BCUT2D eigenvalue weighted by molar-refractivity contribution is 5.81. The molecule has 0 amide bonds. The van der Waals surface area contributed by atoms with Crippen molar-refractivity contribution in [3.63, 3.8) is 0 Å². The van der Waals surface area contributed by atoms with Crippen molar-refractivity contribution in [3.8, 4) is 0 Å². The average molecular weight is 221 g/mol. The summed E-state index contributed by atoms with van der Waals surface area (Å²) in [5, 5.41) is 0. The fourth-order valence-electron chi connectivity index (χ4n) is 4.36. The van der Waals surface area contributed by atoms with Crippen molar-refractivity contribution in [1.29, 1.82) is 0 Å². The number of hydrogen-bond donors (Lipinski definition) is 1. The van der Waals surface area contributed by atoms with Crippen LogP contribution in [0.2, 0.25) is 0 Å². The Morgan fingerprint density at radius 2 is 1.94 bits per heavy atom. The second-order valence-electron chi connectivity index (χ2n) is 6.38. The van der Waals surface area contributed by atoms with Crippen LogP contribution in [-0.4, -0.2) is 11.8 Å².